The average Bonchev–Trinajstić information content (AvgIpc) is 2.59. The van der Waals surface area contributed by atoms with Gasteiger partial charge < -0.3 is 15.4 Å². The highest BCUT2D eigenvalue weighted by atomic mass is 32.2. The van der Waals surface area contributed by atoms with Crippen LogP contribution in [0.25, 0.3) is 0 Å². The van der Waals surface area contributed by atoms with Crippen molar-refractivity contribution in [1.29, 1.82) is 0 Å². The quantitative estimate of drug-likeness (QED) is 0.390. The first-order chi connectivity index (χ1) is 11.2. The van der Waals surface area contributed by atoms with Crippen LogP contribution in [0.4, 0.5) is 0 Å². The summed E-state index contributed by atoms with van der Waals surface area (Å²) in [5.74, 6) is 3.54. The van der Waals surface area contributed by atoms with Gasteiger partial charge in [-0.25, -0.2) is 0 Å². The Kier molecular flexibility index (Phi) is 10.4. The molecule has 0 aliphatic heterocycles. The van der Waals surface area contributed by atoms with Gasteiger partial charge >= 0.3 is 0 Å². The van der Waals surface area contributed by atoms with Crippen molar-refractivity contribution in [1.82, 2.24) is 10.6 Å². The lowest BCUT2D eigenvalue weighted by Crippen LogP contribution is -2.38. The summed E-state index contributed by atoms with van der Waals surface area (Å²) in [4.78, 5) is 4.27. The number of unbranched alkanes of at least 4 members (excludes halogenated alkanes) is 1. The summed E-state index contributed by atoms with van der Waals surface area (Å²) in [6, 6.07) is 8.33. The molecule has 0 spiro atoms. The number of methoxy groups -OCH3 is 1. The Hall–Kier alpha value is -1.36. The van der Waals surface area contributed by atoms with Crippen molar-refractivity contribution in [2.24, 2.45) is 4.99 Å². The van der Waals surface area contributed by atoms with Gasteiger partial charge in [0, 0.05) is 20.1 Å². The fourth-order valence-electron chi connectivity index (χ4n) is 2.30. The number of nitrogens with zero attached hydrogens (tertiary/aromatic N) is 1. The Labute approximate surface area is 145 Å². The average molecular weight is 338 g/mol. The Morgan fingerprint density at radius 1 is 1.17 bits per heavy atom. The zero-order valence-electron chi connectivity index (χ0n) is 14.9. The summed E-state index contributed by atoms with van der Waals surface area (Å²) in [5.41, 5.74) is 1.34. The molecule has 1 aromatic rings. The van der Waals surface area contributed by atoms with Crippen molar-refractivity contribution in [3.05, 3.63) is 29.8 Å². The first-order valence-corrected chi connectivity index (χ1v) is 9.68. The largest absolute Gasteiger partial charge is 0.497 e. The summed E-state index contributed by atoms with van der Waals surface area (Å²) >= 11 is 1.90. The Morgan fingerprint density at radius 2 is 1.87 bits per heavy atom. The first-order valence-electron chi connectivity index (χ1n) is 8.28. The third kappa shape index (κ3) is 8.16. The fraction of sp³-hybridized carbons (Fsp3) is 0.611. The monoisotopic (exact) mass is 337 g/mol. The fourth-order valence-corrected chi connectivity index (χ4v) is 2.80. The number of hydrogen-bond acceptors (Lipinski definition) is 3. The molecule has 1 aromatic carbocycles. The molecule has 0 bridgehead atoms. The van der Waals surface area contributed by atoms with Gasteiger partial charge in [-0.15, -0.1) is 0 Å². The van der Waals surface area contributed by atoms with Crippen molar-refractivity contribution in [3.8, 4) is 5.75 Å². The molecule has 0 fully saturated rings. The minimum Gasteiger partial charge on any atom is -0.497 e. The molecule has 1 rings (SSSR count). The Balaban J connectivity index is 2.24. The van der Waals surface area contributed by atoms with Gasteiger partial charge in [-0.2, -0.15) is 11.8 Å². The van der Waals surface area contributed by atoms with E-state index in [9.17, 15) is 0 Å². The molecule has 130 valence electrons. The summed E-state index contributed by atoms with van der Waals surface area (Å²) in [7, 11) is 3.52. The number of ether oxygens (including phenoxy) is 1. The van der Waals surface area contributed by atoms with Gasteiger partial charge in [0.1, 0.15) is 5.75 Å². The van der Waals surface area contributed by atoms with Crippen LogP contribution in [0.2, 0.25) is 0 Å². The number of thioether (sulfide) groups is 1. The molecule has 2 N–H and O–H groups in total. The van der Waals surface area contributed by atoms with E-state index in [0.717, 1.165) is 31.2 Å². The molecule has 0 saturated carbocycles. The van der Waals surface area contributed by atoms with E-state index in [1.54, 1.807) is 7.11 Å². The second-order valence-electron chi connectivity index (χ2n) is 5.59. The molecule has 0 saturated heterocycles. The van der Waals surface area contributed by atoms with Gasteiger partial charge in [0.2, 0.25) is 0 Å². The number of benzene rings is 1. The van der Waals surface area contributed by atoms with Crippen molar-refractivity contribution in [2.75, 3.05) is 39.3 Å². The first kappa shape index (κ1) is 19.7. The van der Waals surface area contributed by atoms with Crippen LogP contribution in [0, 0.1) is 0 Å². The van der Waals surface area contributed by atoms with Crippen LogP contribution in [-0.2, 0) is 0 Å². The maximum absolute atomic E-state index is 5.20. The summed E-state index contributed by atoms with van der Waals surface area (Å²) in [5, 5.41) is 6.76. The van der Waals surface area contributed by atoms with Crippen LogP contribution in [-0.4, -0.2) is 45.2 Å². The molecule has 23 heavy (non-hydrogen) atoms. The summed E-state index contributed by atoms with van der Waals surface area (Å²) in [6.45, 7) is 4.15. The highest BCUT2D eigenvalue weighted by Gasteiger charge is 2.06. The van der Waals surface area contributed by atoms with Gasteiger partial charge in [0.15, 0.2) is 5.96 Å². The van der Waals surface area contributed by atoms with Gasteiger partial charge in [-0.1, -0.05) is 19.1 Å². The standard InChI is InChI=1S/C18H31N3OS/c1-15(16-7-9-17(22-3)10-8-16)11-13-21-18(19-2)20-12-5-6-14-23-4/h7-10,15H,5-6,11-14H2,1-4H3,(H2,19,20,21). The van der Waals surface area contributed by atoms with E-state index in [4.69, 9.17) is 4.74 Å². The summed E-state index contributed by atoms with van der Waals surface area (Å²) < 4.78 is 5.20. The normalized spacial score (nSPS) is 12.8. The van der Waals surface area contributed by atoms with Crippen LogP contribution in [0.1, 0.15) is 37.7 Å². The second kappa shape index (κ2) is 12.1. The molecule has 1 atom stereocenters. The summed E-state index contributed by atoms with van der Waals surface area (Å²) in [6.07, 6.45) is 5.65. The predicted molar refractivity (Wildman–Crippen MR) is 103 cm³/mol. The molecule has 0 amide bonds. The van der Waals surface area contributed by atoms with Crippen LogP contribution >= 0.6 is 11.8 Å². The molecule has 0 aliphatic rings. The van der Waals surface area contributed by atoms with Crippen LogP contribution in [0.3, 0.4) is 0 Å². The Bertz CT molecular complexity index is 448. The molecular weight excluding hydrogens is 306 g/mol. The van der Waals surface area contributed by atoms with E-state index in [0.29, 0.717) is 5.92 Å². The van der Waals surface area contributed by atoms with E-state index in [1.165, 1.54) is 24.2 Å². The van der Waals surface area contributed by atoms with Crippen molar-refractivity contribution in [2.45, 2.75) is 32.1 Å². The SMILES string of the molecule is CN=C(NCCCCSC)NCCC(C)c1ccc(OC)cc1. The third-order valence-electron chi connectivity index (χ3n) is 3.85. The third-order valence-corrected chi connectivity index (χ3v) is 4.54. The predicted octanol–water partition coefficient (Wildman–Crippen LogP) is 3.50. The lowest BCUT2D eigenvalue weighted by Gasteiger charge is -2.15. The lowest BCUT2D eigenvalue weighted by atomic mass is 9.98. The van der Waals surface area contributed by atoms with E-state index < -0.39 is 0 Å². The van der Waals surface area contributed by atoms with Gasteiger partial charge in [-0.3, -0.25) is 4.99 Å². The minimum absolute atomic E-state index is 0.507. The highest BCUT2D eigenvalue weighted by Crippen LogP contribution is 2.21. The van der Waals surface area contributed by atoms with Crippen molar-refractivity contribution >= 4 is 17.7 Å². The van der Waals surface area contributed by atoms with E-state index >= 15 is 0 Å². The maximum Gasteiger partial charge on any atom is 0.190 e. The van der Waals surface area contributed by atoms with E-state index in [2.05, 4.69) is 40.9 Å². The molecule has 4 nitrogen and oxygen atoms in total. The number of rotatable bonds is 10. The van der Waals surface area contributed by atoms with Crippen LogP contribution in [0.15, 0.2) is 29.3 Å². The van der Waals surface area contributed by atoms with Crippen molar-refractivity contribution < 1.29 is 4.74 Å². The van der Waals surface area contributed by atoms with Gasteiger partial charge in [-0.05, 0) is 54.9 Å². The van der Waals surface area contributed by atoms with E-state index in [1.807, 2.05) is 30.9 Å². The van der Waals surface area contributed by atoms with Crippen molar-refractivity contribution in [3.63, 3.8) is 0 Å². The van der Waals surface area contributed by atoms with E-state index in [-0.39, 0.29) is 0 Å². The van der Waals surface area contributed by atoms with Crippen LogP contribution < -0.4 is 15.4 Å². The highest BCUT2D eigenvalue weighted by molar-refractivity contribution is 7.98. The minimum atomic E-state index is 0.507. The molecule has 5 heteroatoms. The molecule has 0 aliphatic carbocycles. The number of guanidine groups is 1. The molecule has 0 radical (unpaired) electrons. The second-order valence-corrected chi connectivity index (χ2v) is 6.57. The number of aliphatic imine (C=N–C) groups is 1. The smallest absolute Gasteiger partial charge is 0.190 e. The topological polar surface area (TPSA) is 45.7 Å². The van der Waals surface area contributed by atoms with Gasteiger partial charge in [0.25, 0.3) is 0 Å². The molecule has 1 unspecified atom stereocenters. The van der Waals surface area contributed by atoms with Crippen LogP contribution in [0.5, 0.6) is 5.75 Å². The number of nitrogens with one attached hydrogen (secondary N) is 2. The number of hydrogen-bond donors (Lipinski definition) is 2. The zero-order chi connectivity index (χ0) is 16.9. The molecule has 0 aromatic heterocycles. The zero-order valence-corrected chi connectivity index (χ0v) is 15.7. The molecular formula is C18H31N3OS. The lowest BCUT2D eigenvalue weighted by molar-refractivity contribution is 0.414. The maximum atomic E-state index is 5.20. The molecule has 0 heterocycles. The van der Waals surface area contributed by atoms with Gasteiger partial charge in [0.05, 0.1) is 7.11 Å². The Morgan fingerprint density at radius 3 is 2.48 bits per heavy atom.